The van der Waals surface area contributed by atoms with E-state index in [1.165, 1.54) is 0 Å². The van der Waals surface area contributed by atoms with Crippen LogP contribution in [0.2, 0.25) is 0 Å². The first kappa shape index (κ1) is 15.7. The molecule has 110 valence electrons. The Morgan fingerprint density at radius 1 is 0.750 bits per heavy atom. The summed E-state index contributed by atoms with van der Waals surface area (Å²) in [5.74, 6) is -6.36. The first-order valence-corrected chi connectivity index (χ1v) is 5.24. The third-order valence-corrected chi connectivity index (χ3v) is 2.48. The van der Waals surface area contributed by atoms with Crippen LogP contribution in [0.4, 0.5) is 8.78 Å². The molecule has 0 saturated carbocycles. The van der Waals surface area contributed by atoms with Gasteiger partial charge in [0.05, 0.1) is 28.4 Å². The van der Waals surface area contributed by atoms with Gasteiger partial charge in [0.25, 0.3) is 0 Å². The molecule has 0 heterocycles. The van der Waals surface area contributed by atoms with E-state index in [2.05, 4.69) is 18.9 Å². The molecule has 8 heteroatoms. The average molecular weight is 290 g/mol. The molecule has 0 amide bonds. The Labute approximate surface area is 113 Å². The van der Waals surface area contributed by atoms with E-state index in [4.69, 9.17) is 0 Å². The summed E-state index contributed by atoms with van der Waals surface area (Å²) in [5, 5.41) is 0. The van der Waals surface area contributed by atoms with Crippen molar-refractivity contribution in [2.24, 2.45) is 0 Å². The lowest BCUT2D eigenvalue weighted by molar-refractivity contribution is 0.0544. The van der Waals surface area contributed by atoms with Crippen LogP contribution in [0, 0.1) is 11.6 Å². The van der Waals surface area contributed by atoms with Crippen LogP contribution in [0.15, 0.2) is 0 Å². The standard InChI is InChI=1S/C12H12F2O6/c1-17-9-7(13)5(11(15)19-3)6(12(16)20-4)8(14)10(9)18-2/h1-4H3. The fraction of sp³-hybridized carbons (Fsp3) is 0.333. The number of carbonyl (C=O) groups is 2. The van der Waals surface area contributed by atoms with Crippen molar-refractivity contribution >= 4 is 11.9 Å². The molecule has 20 heavy (non-hydrogen) atoms. The van der Waals surface area contributed by atoms with Crippen LogP contribution >= 0.6 is 0 Å². The summed E-state index contributed by atoms with van der Waals surface area (Å²) in [6, 6.07) is 0. The van der Waals surface area contributed by atoms with Crippen LogP contribution in [0.25, 0.3) is 0 Å². The predicted molar refractivity (Wildman–Crippen MR) is 62.1 cm³/mol. The van der Waals surface area contributed by atoms with Crippen molar-refractivity contribution in [3.63, 3.8) is 0 Å². The largest absolute Gasteiger partial charge is 0.490 e. The second-order valence-electron chi connectivity index (χ2n) is 3.43. The van der Waals surface area contributed by atoms with Gasteiger partial charge >= 0.3 is 11.9 Å². The molecular weight excluding hydrogens is 278 g/mol. The molecule has 0 bridgehead atoms. The Hall–Kier alpha value is -2.38. The SMILES string of the molecule is COC(=O)c1c(F)c(OC)c(OC)c(F)c1C(=O)OC. The summed E-state index contributed by atoms with van der Waals surface area (Å²) in [4.78, 5) is 23.1. The first-order valence-electron chi connectivity index (χ1n) is 5.24. The van der Waals surface area contributed by atoms with Gasteiger partial charge in [0.15, 0.2) is 11.6 Å². The molecule has 0 spiro atoms. The Balaban J connectivity index is 3.83. The van der Waals surface area contributed by atoms with Gasteiger partial charge in [0, 0.05) is 0 Å². The lowest BCUT2D eigenvalue weighted by Crippen LogP contribution is -2.18. The second kappa shape index (κ2) is 6.18. The van der Waals surface area contributed by atoms with Gasteiger partial charge in [-0.1, -0.05) is 0 Å². The van der Waals surface area contributed by atoms with Crippen molar-refractivity contribution in [2.75, 3.05) is 28.4 Å². The molecule has 0 fully saturated rings. The smallest absolute Gasteiger partial charge is 0.342 e. The number of halogens is 2. The van der Waals surface area contributed by atoms with Gasteiger partial charge in [-0.3, -0.25) is 0 Å². The van der Waals surface area contributed by atoms with E-state index in [0.717, 1.165) is 28.4 Å². The van der Waals surface area contributed by atoms with Gasteiger partial charge < -0.3 is 18.9 Å². The monoisotopic (exact) mass is 290 g/mol. The minimum Gasteiger partial charge on any atom is -0.490 e. The van der Waals surface area contributed by atoms with E-state index in [0.29, 0.717) is 0 Å². The zero-order valence-corrected chi connectivity index (χ0v) is 11.2. The molecule has 0 radical (unpaired) electrons. The summed E-state index contributed by atoms with van der Waals surface area (Å²) in [6.45, 7) is 0. The molecule has 0 aliphatic rings. The lowest BCUT2D eigenvalue weighted by Gasteiger charge is -2.15. The summed E-state index contributed by atoms with van der Waals surface area (Å²) < 4.78 is 46.4. The number of hydrogen-bond acceptors (Lipinski definition) is 6. The molecule has 0 atom stereocenters. The summed E-state index contributed by atoms with van der Waals surface area (Å²) in [7, 11) is 4.02. The van der Waals surface area contributed by atoms with Crippen LogP contribution in [0.1, 0.15) is 20.7 Å². The first-order chi connectivity index (χ1) is 9.44. The molecule has 1 aromatic rings. The highest BCUT2D eigenvalue weighted by atomic mass is 19.1. The number of methoxy groups -OCH3 is 4. The Morgan fingerprint density at radius 3 is 1.25 bits per heavy atom. The molecule has 6 nitrogen and oxygen atoms in total. The number of hydrogen-bond donors (Lipinski definition) is 0. The fourth-order valence-corrected chi connectivity index (χ4v) is 1.60. The van der Waals surface area contributed by atoms with Crippen molar-refractivity contribution in [3.05, 3.63) is 22.8 Å². The fourth-order valence-electron chi connectivity index (χ4n) is 1.60. The van der Waals surface area contributed by atoms with Crippen molar-refractivity contribution in [1.82, 2.24) is 0 Å². The third kappa shape index (κ3) is 2.36. The highest BCUT2D eigenvalue weighted by molar-refractivity contribution is 6.04. The van der Waals surface area contributed by atoms with Crippen LogP contribution < -0.4 is 9.47 Å². The van der Waals surface area contributed by atoms with Gasteiger partial charge in [-0.25, -0.2) is 18.4 Å². The van der Waals surface area contributed by atoms with E-state index in [1.54, 1.807) is 0 Å². The predicted octanol–water partition coefficient (Wildman–Crippen LogP) is 1.56. The molecule has 1 aromatic carbocycles. The van der Waals surface area contributed by atoms with Gasteiger partial charge in [-0.15, -0.1) is 0 Å². The number of benzene rings is 1. The van der Waals surface area contributed by atoms with E-state index in [-0.39, 0.29) is 0 Å². The minimum absolute atomic E-state index is 0.655. The van der Waals surface area contributed by atoms with Gasteiger partial charge in [0.1, 0.15) is 11.1 Å². The number of ether oxygens (including phenoxy) is 4. The number of carbonyl (C=O) groups excluding carboxylic acids is 2. The average Bonchev–Trinajstić information content (AvgIpc) is 2.46. The molecule has 0 N–H and O–H groups in total. The molecular formula is C12H12F2O6. The van der Waals surface area contributed by atoms with Crippen LogP contribution in [-0.4, -0.2) is 40.4 Å². The van der Waals surface area contributed by atoms with Crippen LogP contribution in [0.3, 0.4) is 0 Å². The van der Waals surface area contributed by atoms with Crippen LogP contribution in [0.5, 0.6) is 11.5 Å². The zero-order valence-electron chi connectivity index (χ0n) is 11.2. The molecule has 1 rings (SSSR count). The Kier molecular flexibility index (Phi) is 4.84. The highest BCUT2D eigenvalue weighted by Crippen LogP contribution is 2.38. The molecule has 0 saturated heterocycles. The van der Waals surface area contributed by atoms with E-state index in [1.807, 2.05) is 0 Å². The maximum atomic E-state index is 14.2. The molecule has 0 aromatic heterocycles. The van der Waals surface area contributed by atoms with E-state index >= 15 is 0 Å². The van der Waals surface area contributed by atoms with Crippen LogP contribution in [-0.2, 0) is 9.47 Å². The topological polar surface area (TPSA) is 71.1 Å². The quantitative estimate of drug-likeness (QED) is 0.784. The zero-order chi connectivity index (χ0) is 15.4. The third-order valence-electron chi connectivity index (χ3n) is 2.48. The van der Waals surface area contributed by atoms with E-state index < -0.39 is 46.2 Å². The van der Waals surface area contributed by atoms with E-state index in [9.17, 15) is 18.4 Å². The molecule has 0 aliphatic heterocycles. The second-order valence-corrected chi connectivity index (χ2v) is 3.43. The van der Waals surface area contributed by atoms with Crippen molar-refractivity contribution in [3.8, 4) is 11.5 Å². The maximum Gasteiger partial charge on any atom is 0.342 e. The van der Waals surface area contributed by atoms with Crippen molar-refractivity contribution in [1.29, 1.82) is 0 Å². The lowest BCUT2D eigenvalue weighted by atomic mass is 10.0. The molecule has 0 unspecified atom stereocenters. The van der Waals surface area contributed by atoms with Gasteiger partial charge in [0.2, 0.25) is 11.5 Å². The summed E-state index contributed by atoms with van der Waals surface area (Å²) in [6.07, 6.45) is 0. The summed E-state index contributed by atoms with van der Waals surface area (Å²) >= 11 is 0. The van der Waals surface area contributed by atoms with Crippen molar-refractivity contribution < 1.29 is 37.3 Å². The number of rotatable bonds is 4. The number of esters is 2. The normalized spacial score (nSPS) is 9.90. The highest BCUT2D eigenvalue weighted by Gasteiger charge is 2.34. The molecule has 0 aliphatic carbocycles. The summed E-state index contributed by atoms with van der Waals surface area (Å²) in [5.41, 5.74) is -1.84. The van der Waals surface area contributed by atoms with Crippen molar-refractivity contribution in [2.45, 2.75) is 0 Å². The van der Waals surface area contributed by atoms with Gasteiger partial charge in [-0.2, -0.15) is 0 Å². The van der Waals surface area contributed by atoms with Gasteiger partial charge in [-0.05, 0) is 0 Å². The maximum absolute atomic E-state index is 14.2. The minimum atomic E-state index is -1.28. The Morgan fingerprint density at radius 2 is 1.05 bits per heavy atom. The Bertz CT molecular complexity index is 507.